The maximum absolute atomic E-state index is 12.8. The van der Waals surface area contributed by atoms with Gasteiger partial charge in [-0.25, -0.2) is 0 Å². The zero-order chi connectivity index (χ0) is 33.7. The number of thioether (sulfide) groups is 1. The van der Waals surface area contributed by atoms with Gasteiger partial charge in [0.05, 0.1) is 37.3 Å². The molecule has 5 rings (SSSR count). The van der Waals surface area contributed by atoms with Gasteiger partial charge in [0.2, 0.25) is 11.8 Å². The molecule has 1 saturated heterocycles. The van der Waals surface area contributed by atoms with Crippen LogP contribution in [0.25, 0.3) is 0 Å². The molecule has 0 aromatic heterocycles. The lowest BCUT2D eigenvalue weighted by molar-refractivity contribution is -0.245. The third kappa shape index (κ3) is 10.1. The normalized spacial score (nSPS) is 17.4. The van der Waals surface area contributed by atoms with E-state index in [2.05, 4.69) is 10.6 Å². The molecule has 3 unspecified atom stereocenters. The average molecular weight is 670 g/mol. The van der Waals surface area contributed by atoms with Crippen LogP contribution in [-0.4, -0.2) is 35.9 Å². The average Bonchev–Trinajstić information content (AvgIpc) is 3.11. The molecule has 0 saturated carbocycles. The number of nitrogen functional groups attached to an aromatic ring is 1. The highest BCUT2D eigenvalue weighted by Gasteiger charge is 2.32. The standard InChI is InChI=1S/C38H43N3O6S/c1-45-33-14-7-8-15-35(33)48-25-30-23-34(27-20-18-26(24-42)19-21-27)47-38(46-30)28-10-9-11-29(22-28)40-36(43)16-3-2-4-17-37(44)41-32-13-6-5-12-31(32)39/h5-15,18-22,30,34,38,42H,2-4,16-17,23-25,39H2,1H3,(H,40,43)(H,41,44). The molecule has 1 fully saturated rings. The Bertz CT molecular complexity index is 1650. The zero-order valence-electron chi connectivity index (χ0n) is 27.1. The zero-order valence-corrected chi connectivity index (χ0v) is 27.9. The Morgan fingerprint density at radius 3 is 2.33 bits per heavy atom. The molecule has 2 amide bonds. The minimum Gasteiger partial charge on any atom is -0.496 e. The van der Waals surface area contributed by atoms with Gasteiger partial charge < -0.3 is 35.7 Å². The number of benzene rings is 4. The van der Waals surface area contributed by atoms with Gasteiger partial charge in [0, 0.05) is 41.2 Å². The highest BCUT2D eigenvalue weighted by molar-refractivity contribution is 7.99. The van der Waals surface area contributed by atoms with Crippen LogP contribution >= 0.6 is 11.8 Å². The molecule has 1 heterocycles. The Labute approximate surface area is 286 Å². The third-order valence-electron chi connectivity index (χ3n) is 8.09. The fourth-order valence-electron chi connectivity index (χ4n) is 5.50. The van der Waals surface area contributed by atoms with E-state index in [1.165, 1.54) is 0 Å². The van der Waals surface area contributed by atoms with Crippen molar-refractivity contribution in [3.05, 3.63) is 114 Å². The smallest absolute Gasteiger partial charge is 0.224 e. The van der Waals surface area contributed by atoms with Crippen LogP contribution in [-0.2, 0) is 25.7 Å². The summed E-state index contributed by atoms with van der Waals surface area (Å²) in [6.07, 6.45) is 2.50. The van der Waals surface area contributed by atoms with Crippen LogP contribution in [0, 0.1) is 0 Å². The molecular weight excluding hydrogens is 627 g/mol. The Balaban J connectivity index is 1.16. The van der Waals surface area contributed by atoms with E-state index in [0.717, 1.165) is 33.8 Å². The molecule has 1 aliphatic rings. The van der Waals surface area contributed by atoms with Crippen LogP contribution < -0.4 is 21.1 Å². The fraction of sp³-hybridized carbons (Fsp3) is 0.316. The van der Waals surface area contributed by atoms with E-state index in [9.17, 15) is 14.7 Å². The number of carbonyl (C=O) groups is 2. The second-order valence-corrected chi connectivity index (χ2v) is 12.7. The number of nitrogens with two attached hydrogens (primary N) is 1. The number of unbranched alkanes of at least 4 members (excludes halogenated alkanes) is 2. The first kappa shape index (κ1) is 35.0. The molecule has 48 heavy (non-hydrogen) atoms. The van der Waals surface area contributed by atoms with E-state index < -0.39 is 6.29 Å². The Kier molecular flexibility index (Phi) is 12.9. The summed E-state index contributed by atoms with van der Waals surface area (Å²) in [7, 11) is 1.67. The summed E-state index contributed by atoms with van der Waals surface area (Å²) in [5, 5.41) is 15.3. The maximum atomic E-state index is 12.8. The largest absolute Gasteiger partial charge is 0.496 e. The fourth-order valence-corrected chi connectivity index (χ4v) is 6.55. The quantitative estimate of drug-likeness (QED) is 0.0577. The monoisotopic (exact) mass is 669 g/mol. The van der Waals surface area contributed by atoms with Gasteiger partial charge in [-0.15, -0.1) is 11.8 Å². The van der Waals surface area contributed by atoms with E-state index in [4.69, 9.17) is 19.9 Å². The highest BCUT2D eigenvalue weighted by atomic mass is 32.2. The molecule has 0 radical (unpaired) electrons. The maximum Gasteiger partial charge on any atom is 0.224 e. The summed E-state index contributed by atoms with van der Waals surface area (Å²) < 4.78 is 18.5. The van der Waals surface area contributed by atoms with Gasteiger partial charge in [0.1, 0.15) is 5.75 Å². The lowest BCUT2D eigenvalue weighted by atomic mass is 10.0. The molecule has 0 spiro atoms. The van der Waals surface area contributed by atoms with Crippen molar-refractivity contribution in [2.45, 2.75) is 68.5 Å². The summed E-state index contributed by atoms with van der Waals surface area (Å²) in [4.78, 5) is 26.1. The minimum atomic E-state index is -0.640. The summed E-state index contributed by atoms with van der Waals surface area (Å²) in [5.74, 6) is 1.34. The van der Waals surface area contributed by atoms with Crippen molar-refractivity contribution in [3.8, 4) is 5.75 Å². The number of amides is 2. The number of hydrogen-bond donors (Lipinski definition) is 4. The minimum absolute atomic E-state index is 0.0178. The van der Waals surface area contributed by atoms with E-state index in [1.807, 2.05) is 84.9 Å². The second-order valence-electron chi connectivity index (χ2n) is 11.7. The van der Waals surface area contributed by atoms with Gasteiger partial charge >= 0.3 is 0 Å². The lowest BCUT2D eigenvalue weighted by Gasteiger charge is -2.36. The molecule has 10 heteroatoms. The topological polar surface area (TPSA) is 132 Å². The molecule has 252 valence electrons. The molecule has 1 aliphatic heterocycles. The number of ether oxygens (including phenoxy) is 3. The van der Waals surface area contributed by atoms with Crippen LogP contribution in [0.15, 0.2) is 102 Å². The van der Waals surface area contributed by atoms with Gasteiger partial charge in [-0.05, 0) is 60.4 Å². The number of carbonyl (C=O) groups excluding carboxylic acids is 2. The Morgan fingerprint density at radius 2 is 1.58 bits per heavy atom. The van der Waals surface area contributed by atoms with Crippen LogP contribution in [0.2, 0.25) is 0 Å². The summed E-state index contributed by atoms with van der Waals surface area (Å²) in [6, 6.07) is 30.5. The van der Waals surface area contributed by atoms with Gasteiger partial charge in [-0.2, -0.15) is 0 Å². The summed E-state index contributed by atoms with van der Waals surface area (Å²) in [6.45, 7) is -0.0178. The number of aliphatic hydroxyl groups excluding tert-OH is 1. The molecule has 0 bridgehead atoms. The van der Waals surface area contributed by atoms with Crippen molar-refractivity contribution in [1.82, 2.24) is 0 Å². The van der Waals surface area contributed by atoms with E-state index in [-0.39, 0.29) is 30.6 Å². The predicted octanol–water partition coefficient (Wildman–Crippen LogP) is 7.64. The van der Waals surface area contributed by atoms with Crippen molar-refractivity contribution in [3.63, 3.8) is 0 Å². The number of para-hydroxylation sites is 3. The Morgan fingerprint density at radius 1 is 0.854 bits per heavy atom. The third-order valence-corrected chi connectivity index (χ3v) is 9.28. The van der Waals surface area contributed by atoms with E-state index in [1.54, 1.807) is 31.0 Å². The first-order valence-corrected chi connectivity index (χ1v) is 17.2. The first-order chi connectivity index (χ1) is 23.4. The van der Waals surface area contributed by atoms with Crippen LogP contribution in [0.5, 0.6) is 5.75 Å². The summed E-state index contributed by atoms with van der Waals surface area (Å²) >= 11 is 1.68. The molecule has 5 N–H and O–H groups in total. The lowest BCUT2D eigenvalue weighted by Crippen LogP contribution is -2.31. The molecule has 4 aromatic rings. The van der Waals surface area contributed by atoms with Gasteiger partial charge in [-0.3, -0.25) is 9.59 Å². The van der Waals surface area contributed by atoms with E-state index >= 15 is 0 Å². The summed E-state index contributed by atoms with van der Waals surface area (Å²) in [5.41, 5.74) is 10.4. The first-order valence-electron chi connectivity index (χ1n) is 16.2. The molecule has 4 aromatic carbocycles. The highest BCUT2D eigenvalue weighted by Crippen LogP contribution is 2.40. The second kappa shape index (κ2) is 17.7. The number of anilines is 3. The van der Waals surface area contributed by atoms with Crippen LogP contribution in [0.4, 0.5) is 17.1 Å². The van der Waals surface area contributed by atoms with Crippen LogP contribution in [0.1, 0.15) is 67.6 Å². The Hall–Kier alpha value is -4.35. The molecular formula is C38H43N3O6S. The van der Waals surface area contributed by atoms with Crippen molar-refractivity contribution in [2.75, 3.05) is 29.2 Å². The number of rotatable bonds is 15. The van der Waals surface area contributed by atoms with Crippen molar-refractivity contribution < 1.29 is 28.9 Å². The number of methoxy groups -OCH3 is 1. The van der Waals surface area contributed by atoms with Gasteiger partial charge in [-0.1, -0.05) is 67.1 Å². The van der Waals surface area contributed by atoms with Crippen molar-refractivity contribution in [1.29, 1.82) is 0 Å². The van der Waals surface area contributed by atoms with Crippen LogP contribution in [0.3, 0.4) is 0 Å². The van der Waals surface area contributed by atoms with E-state index in [0.29, 0.717) is 54.9 Å². The molecule has 0 aliphatic carbocycles. The number of nitrogens with one attached hydrogen (secondary N) is 2. The van der Waals surface area contributed by atoms with Gasteiger partial charge in [0.25, 0.3) is 0 Å². The van der Waals surface area contributed by atoms with Gasteiger partial charge in [0.15, 0.2) is 6.29 Å². The number of hydrogen-bond acceptors (Lipinski definition) is 8. The molecule has 9 nitrogen and oxygen atoms in total. The number of aliphatic hydroxyl groups is 1. The SMILES string of the molecule is COc1ccccc1SCC1CC(c2ccc(CO)cc2)OC(c2cccc(NC(=O)CCCCCC(=O)Nc3ccccc3N)c2)O1. The molecule has 3 atom stereocenters. The predicted molar refractivity (Wildman–Crippen MR) is 190 cm³/mol. The van der Waals surface area contributed by atoms with Crippen molar-refractivity contribution in [2.24, 2.45) is 0 Å². The van der Waals surface area contributed by atoms with Crippen molar-refractivity contribution >= 4 is 40.6 Å².